The summed E-state index contributed by atoms with van der Waals surface area (Å²) in [7, 11) is 0. The van der Waals surface area contributed by atoms with Crippen LogP contribution < -0.4 is 0 Å². The van der Waals surface area contributed by atoms with Gasteiger partial charge in [-0.2, -0.15) is 0 Å². The van der Waals surface area contributed by atoms with Crippen molar-refractivity contribution in [2.75, 3.05) is 0 Å². The van der Waals surface area contributed by atoms with E-state index in [0.29, 0.717) is 5.57 Å². The fourth-order valence-electron chi connectivity index (χ4n) is 3.19. The number of nitrogens with zero attached hydrogens (tertiary/aromatic N) is 1. The number of carbonyl (C=O) groups is 1. The van der Waals surface area contributed by atoms with Crippen LogP contribution in [-0.2, 0) is 11.2 Å². The van der Waals surface area contributed by atoms with E-state index in [1.165, 1.54) is 26.1 Å². The highest BCUT2D eigenvalue weighted by Crippen LogP contribution is 2.38. The molecule has 0 amide bonds. The molecule has 2 nitrogen and oxygen atoms in total. The molecule has 128 valence electrons. The molecule has 0 aliphatic carbocycles. The number of Topliss-reactive ketones (excluding diaryl/α,β-unsaturated/α-hetero) is 1. The fourth-order valence-corrected chi connectivity index (χ4v) is 4.54. The average Bonchev–Trinajstić information content (AvgIpc) is 2.98. The predicted molar refractivity (Wildman–Crippen MR) is 108 cm³/mol. The fraction of sp³-hybridized carbons (Fsp3) is 0.227. The van der Waals surface area contributed by atoms with Gasteiger partial charge in [0.25, 0.3) is 0 Å². The van der Waals surface area contributed by atoms with Crippen molar-refractivity contribution in [1.29, 1.82) is 0 Å². The number of aryl methyl sites for hydroxylation is 1. The zero-order valence-corrected chi connectivity index (χ0v) is 16.0. The molecule has 0 spiro atoms. The first-order valence-electron chi connectivity index (χ1n) is 8.51. The summed E-state index contributed by atoms with van der Waals surface area (Å²) in [4.78, 5) is 15.0. The number of thiophene rings is 1. The number of ketones is 1. The SMILES string of the molecule is C=C1C=C(C(C)=O)C=CN1/C(C)=C(\C)c1sc2ccccc2c1CC. The molecule has 0 radical (unpaired) electrons. The third-order valence-corrected chi connectivity index (χ3v) is 6.07. The molecule has 0 saturated carbocycles. The Hall–Kier alpha value is -2.39. The lowest BCUT2D eigenvalue weighted by molar-refractivity contribution is -0.113. The van der Waals surface area contributed by atoms with Gasteiger partial charge in [0.2, 0.25) is 0 Å². The van der Waals surface area contributed by atoms with Crippen LogP contribution in [0, 0.1) is 0 Å². The van der Waals surface area contributed by atoms with Crippen LogP contribution in [0.1, 0.15) is 38.1 Å². The smallest absolute Gasteiger partial charge is 0.159 e. The molecule has 0 atom stereocenters. The van der Waals surface area contributed by atoms with Crippen LogP contribution in [0.4, 0.5) is 0 Å². The van der Waals surface area contributed by atoms with Gasteiger partial charge in [0.15, 0.2) is 5.78 Å². The monoisotopic (exact) mass is 349 g/mol. The minimum absolute atomic E-state index is 0.0631. The van der Waals surface area contributed by atoms with Crippen LogP contribution in [0.2, 0.25) is 0 Å². The van der Waals surface area contributed by atoms with E-state index >= 15 is 0 Å². The summed E-state index contributed by atoms with van der Waals surface area (Å²) in [6.45, 7) is 12.2. The number of rotatable bonds is 4. The second-order valence-electron chi connectivity index (χ2n) is 6.30. The Morgan fingerprint density at radius 1 is 1.20 bits per heavy atom. The van der Waals surface area contributed by atoms with Gasteiger partial charge >= 0.3 is 0 Å². The van der Waals surface area contributed by atoms with E-state index in [4.69, 9.17) is 0 Å². The Bertz CT molecular complexity index is 956. The van der Waals surface area contributed by atoms with Crippen molar-refractivity contribution >= 4 is 32.8 Å². The molecule has 1 aliphatic heterocycles. The topological polar surface area (TPSA) is 20.3 Å². The first-order chi connectivity index (χ1) is 11.9. The van der Waals surface area contributed by atoms with Crippen molar-refractivity contribution in [3.05, 3.63) is 76.6 Å². The molecular weight excluding hydrogens is 326 g/mol. The summed E-state index contributed by atoms with van der Waals surface area (Å²) >= 11 is 1.85. The van der Waals surface area contributed by atoms with E-state index < -0.39 is 0 Å². The summed E-state index contributed by atoms with van der Waals surface area (Å²) in [6, 6.07) is 8.59. The number of fused-ring (bicyclic) bond motifs is 1. The van der Waals surface area contributed by atoms with E-state index in [0.717, 1.165) is 17.8 Å². The van der Waals surface area contributed by atoms with Crippen molar-refractivity contribution in [1.82, 2.24) is 4.90 Å². The lowest BCUT2D eigenvalue weighted by atomic mass is 10.0. The largest absolute Gasteiger partial charge is 0.321 e. The van der Waals surface area contributed by atoms with Crippen LogP contribution >= 0.6 is 11.3 Å². The maximum absolute atomic E-state index is 11.6. The quantitative estimate of drug-likeness (QED) is 0.667. The molecule has 2 heterocycles. The molecule has 3 rings (SSSR count). The zero-order chi connectivity index (χ0) is 18.1. The maximum atomic E-state index is 11.6. The summed E-state index contributed by atoms with van der Waals surface area (Å²) in [6.07, 6.45) is 6.66. The Morgan fingerprint density at radius 3 is 2.56 bits per heavy atom. The highest BCUT2D eigenvalue weighted by molar-refractivity contribution is 7.20. The van der Waals surface area contributed by atoms with Gasteiger partial charge in [-0.1, -0.05) is 31.7 Å². The minimum Gasteiger partial charge on any atom is -0.321 e. The summed E-state index contributed by atoms with van der Waals surface area (Å²) < 4.78 is 1.33. The van der Waals surface area contributed by atoms with Gasteiger partial charge in [0.05, 0.1) is 0 Å². The minimum atomic E-state index is 0.0631. The number of hydrogen-bond acceptors (Lipinski definition) is 3. The Balaban J connectivity index is 2.05. The molecule has 1 aliphatic rings. The van der Waals surface area contributed by atoms with Crippen LogP contribution in [0.5, 0.6) is 0 Å². The van der Waals surface area contributed by atoms with Gasteiger partial charge in [-0.15, -0.1) is 11.3 Å². The Kier molecular flexibility index (Phi) is 4.78. The number of hydrogen-bond donors (Lipinski definition) is 0. The van der Waals surface area contributed by atoms with Gasteiger partial charge in [-0.3, -0.25) is 4.79 Å². The van der Waals surface area contributed by atoms with Crippen LogP contribution in [-0.4, -0.2) is 10.7 Å². The van der Waals surface area contributed by atoms with Gasteiger partial charge < -0.3 is 4.90 Å². The molecule has 0 N–H and O–H groups in total. The van der Waals surface area contributed by atoms with Gasteiger partial charge in [-0.25, -0.2) is 0 Å². The average molecular weight is 349 g/mol. The van der Waals surface area contributed by atoms with Crippen LogP contribution in [0.3, 0.4) is 0 Å². The molecular formula is C22H23NOS. The lowest BCUT2D eigenvalue weighted by Gasteiger charge is -2.26. The predicted octanol–water partition coefficient (Wildman–Crippen LogP) is 6.07. The van der Waals surface area contributed by atoms with E-state index in [1.54, 1.807) is 6.92 Å². The van der Waals surface area contributed by atoms with Crippen molar-refractivity contribution in [2.24, 2.45) is 0 Å². The maximum Gasteiger partial charge on any atom is 0.159 e. The third-order valence-electron chi connectivity index (χ3n) is 4.74. The van der Waals surface area contributed by atoms with E-state index in [-0.39, 0.29) is 5.78 Å². The normalized spacial score (nSPS) is 15.4. The zero-order valence-electron chi connectivity index (χ0n) is 15.2. The van der Waals surface area contributed by atoms with Gasteiger partial charge in [0.1, 0.15) is 0 Å². The van der Waals surface area contributed by atoms with Crippen LogP contribution in [0.15, 0.2) is 66.2 Å². The highest BCUT2D eigenvalue weighted by Gasteiger charge is 2.18. The van der Waals surface area contributed by atoms with E-state index in [9.17, 15) is 4.79 Å². The molecule has 25 heavy (non-hydrogen) atoms. The highest BCUT2D eigenvalue weighted by atomic mass is 32.1. The number of allylic oxidation sites excluding steroid dienone is 5. The molecule has 0 fully saturated rings. The van der Waals surface area contributed by atoms with E-state index in [2.05, 4.69) is 56.5 Å². The van der Waals surface area contributed by atoms with E-state index in [1.807, 2.05) is 29.7 Å². The van der Waals surface area contributed by atoms with Crippen molar-refractivity contribution in [2.45, 2.75) is 34.1 Å². The lowest BCUT2D eigenvalue weighted by Crippen LogP contribution is -2.17. The van der Waals surface area contributed by atoms with Gasteiger partial charge in [0, 0.05) is 32.7 Å². The standard InChI is InChI=1S/C22H23NOS/c1-6-19-20-9-7-8-10-21(20)25-22(19)15(3)16(4)23-12-11-18(17(5)24)13-14(23)2/h7-13H,2,6H2,1,3-5H3/b16-15+. The van der Waals surface area contributed by atoms with Crippen molar-refractivity contribution < 1.29 is 4.79 Å². The van der Waals surface area contributed by atoms with Gasteiger partial charge in [-0.05, 0) is 61.9 Å². The Labute approximate surface area is 153 Å². The Morgan fingerprint density at radius 2 is 1.92 bits per heavy atom. The third kappa shape index (κ3) is 3.12. The molecule has 0 unspecified atom stereocenters. The molecule has 1 aromatic heterocycles. The number of carbonyl (C=O) groups excluding carboxylic acids is 1. The number of benzene rings is 1. The first kappa shape index (κ1) is 17.4. The van der Waals surface area contributed by atoms with Crippen molar-refractivity contribution in [3.8, 4) is 0 Å². The summed E-state index contributed by atoms with van der Waals surface area (Å²) in [5.41, 5.74) is 5.32. The molecule has 0 bridgehead atoms. The van der Waals surface area contributed by atoms with Crippen LogP contribution in [0.25, 0.3) is 15.7 Å². The summed E-state index contributed by atoms with van der Waals surface area (Å²) in [5, 5.41) is 1.35. The summed E-state index contributed by atoms with van der Waals surface area (Å²) in [5.74, 6) is 0.0631. The molecule has 3 heteroatoms. The molecule has 1 aromatic carbocycles. The first-order valence-corrected chi connectivity index (χ1v) is 9.33. The second-order valence-corrected chi connectivity index (χ2v) is 7.36. The van der Waals surface area contributed by atoms with Crippen molar-refractivity contribution in [3.63, 3.8) is 0 Å². The molecule has 0 saturated heterocycles. The molecule has 2 aromatic rings. The second kappa shape index (κ2) is 6.85.